The standard InChI is InChI=1S/C12H11BrF2O2/c1-7(16)17-6-10-11(12(10,14)15)8-2-4-9(13)5-3-8/h2-5,10-11H,6H2,1H3/t10-,11-/m0/s1. The first-order valence-electron chi connectivity index (χ1n) is 5.19. The molecular formula is C12H11BrF2O2. The highest BCUT2D eigenvalue weighted by atomic mass is 79.9. The van der Waals surface area contributed by atoms with Crippen molar-refractivity contribution < 1.29 is 18.3 Å². The van der Waals surface area contributed by atoms with Gasteiger partial charge in [0.05, 0.1) is 11.8 Å². The zero-order valence-electron chi connectivity index (χ0n) is 9.12. The van der Waals surface area contributed by atoms with Crippen LogP contribution in [0, 0.1) is 5.92 Å². The summed E-state index contributed by atoms with van der Waals surface area (Å²) in [5.41, 5.74) is 0.579. The molecular weight excluding hydrogens is 294 g/mol. The summed E-state index contributed by atoms with van der Waals surface area (Å²) in [4.78, 5) is 10.6. The predicted octanol–water partition coefficient (Wildman–Crippen LogP) is 3.36. The molecule has 0 aromatic heterocycles. The van der Waals surface area contributed by atoms with E-state index < -0.39 is 23.7 Å². The minimum absolute atomic E-state index is 0.219. The summed E-state index contributed by atoms with van der Waals surface area (Å²) in [5, 5.41) is 0. The molecule has 0 bridgehead atoms. The molecule has 0 unspecified atom stereocenters. The Morgan fingerprint density at radius 2 is 2.00 bits per heavy atom. The average molecular weight is 305 g/mol. The van der Waals surface area contributed by atoms with Crippen molar-refractivity contribution in [2.45, 2.75) is 18.8 Å². The third-order valence-electron chi connectivity index (χ3n) is 2.90. The van der Waals surface area contributed by atoms with Crippen molar-refractivity contribution in [2.75, 3.05) is 6.61 Å². The van der Waals surface area contributed by atoms with Gasteiger partial charge < -0.3 is 4.74 Å². The van der Waals surface area contributed by atoms with Gasteiger partial charge in [0.15, 0.2) is 0 Å². The van der Waals surface area contributed by atoms with E-state index in [-0.39, 0.29) is 6.61 Å². The smallest absolute Gasteiger partial charge is 0.302 e. The molecule has 5 heteroatoms. The van der Waals surface area contributed by atoms with E-state index in [1.165, 1.54) is 6.92 Å². The normalized spacial score (nSPS) is 25.4. The van der Waals surface area contributed by atoms with Crippen molar-refractivity contribution in [1.82, 2.24) is 0 Å². The molecule has 0 spiro atoms. The Balaban J connectivity index is 2.07. The maximum atomic E-state index is 13.5. The second kappa shape index (κ2) is 4.37. The average Bonchev–Trinajstić information content (AvgIpc) is 2.79. The van der Waals surface area contributed by atoms with Gasteiger partial charge in [-0.05, 0) is 17.7 Å². The van der Waals surface area contributed by atoms with Crippen molar-refractivity contribution in [3.8, 4) is 0 Å². The molecule has 0 N–H and O–H groups in total. The van der Waals surface area contributed by atoms with E-state index >= 15 is 0 Å². The summed E-state index contributed by atoms with van der Waals surface area (Å²) in [6.07, 6.45) is 0. The summed E-state index contributed by atoms with van der Waals surface area (Å²) in [6.45, 7) is 0.998. The number of rotatable bonds is 3. The Hall–Kier alpha value is -0.970. The van der Waals surface area contributed by atoms with Crippen LogP contribution in [-0.4, -0.2) is 18.5 Å². The lowest BCUT2D eigenvalue weighted by atomic mass is 10.1. The minimum atomic E-state index is -2.77. The van der Waals surface area contributed by atoms with E-state index in [0.29, 0.717) is 5.56 Å². The van der Waals surface area contributed by atoms with Gasteiger partial charge in [-0.3, -0.25) is 4.79 Å². The van der Waals surface area contributed by atoms with Crippen LogP contribution in [0.15, 0.2) is 28.7 Å². The molecule has 17 heavy (non-hydrogen) atoms. The summed E-state index contributed by atoms with van der Waals surface area (Å²) in [7, 11) is 0. The fourth-order valence-corrected chi connectivity index (χ4v) is 2.19. The first kappa shape index (κ1) is 12.5. The Labute approximate surface area is 106 Å². The molecule has 1 fully saturated rings. The lowest BCUT2D eigenvalue weighted by Gasteiger charge is -1.99. The first-order valence-corrected chi connectivity index (χ1v) is 5.99. The van der Waals surface area contributed by atoms with Gasteiger partial charge in [0.25, 0.3) is 5.92 Å². The van der Waals surface area contributed by atoms with Crippen molar-refractivity contribution in [3.63, 3.8) is 0 Å². The second-order valence-electron chi connectivity index (χ2n) is 4.11. The van der Waals surface area contributed by atoms with Crippen LogP contribution in [-0.2, 0) is 9.53 Å². The van der Waals surface area contributed by atoms with E-state index in [1.54, 1.807) is 24.3 Å². The number of halogens is 3. The van der Waals surface area contributed by atoms with Gasteiger partial charge in [-0.1, -0.05) is 28.1 Å². The van der Waals surface area contributed by atoms with Crippen LogP contribution in [0.5, 0.6) is 0 Å². The summed E-state index contributed by atoms with van der Waals surface area (Å²) >= 11 is 3.25. The Bertz CT molecular complexity index is 431. The highest BCUT2D eigenvalue weighted by Gasteiger charge is 2.69. The number of esters is 1. The predicted molar refractivity (Wildman–Crippen MR) is 62.0 cm³/mol. The number of ether oxygens (including phenoxy) is 1. The number of hydrogen-bond donors (Lipinski definition) is 0. The third-order valence-corrected chi connectivity index (χ3v) is 3.43. The molecule has 0 radical (unpaired) electrons. The fourth-order valence-electron chi connectivity index (χ4n) is 1.93. The lowest BCUT2D eigenvalue weighted by Crippen LogP contribution is -2.06. The minimum Gasteiger partial charge on any atom is -0.465 e. The topological polar surface area (TPSA) is 26.3 Å². The van der Waals surface area contributed by atoms with E-state index in [4.69, 9.17) is 0 Å². The molecule has 0 amide bonds. The van der Waals surface area contributed by atoms with Crippen molar-refractivity contribution in [1.29, 1.82) is 0 Å². The third kappa shape index (κ3) is 2.49. The highest BCUT2D eigenvalue weighted by molar-refractivity contribution is 9.10. The molecule has 0 heterocycles. The van der Waals surface area contributed by atoms with Crippen LogP contribution in [0.3, 0.4) is 0 Å². The Kier molecular flexibility index (Phi) is 3.21. The molecule has 1 aliphatic carbocycles. The SMILES string of the molecule is CC(=O)OC[C@H]1[C@H](c2ccc(Br)cc2)C1(F)F. The molecule has 92 valence electrons. The number of carbonyl (C=O) groups excluding carboxylic acids is 1. The van der Waals surface area contributed by atoms with Gasteiger partial charge in [-0.25, -0.2) is 8.78 Å². The Morgan fingerprint density at radius 3 is 2.53 bits per heavy atom. The first-order chi connectivity index (χ1) is 7.93. The van der Waals surface area contributed by atoms with Crippen molar-refractivity contribution in [2.24, 2.45) is 5.92 Å². The Morgan fingerprint density at radius 1 is 1.41 bits per heavy atom. The van der Waals surface area contributed by atoms with Crippen LogP contribution >= 0.6 is 15.9 Å². The van der Waals surface area contributed by atoms with Crippen molar-refractivity contribution in [3.05, 3.63) is 34.3 Å². The largest absolute Gasteiger partial charge is 0.465 e. The van der Waals surface area contributed by atoms with Crippen LogP contribution in [0.4, 0.5) is 8.78 Å². The number of carbonyl (C=O) groups is 1. The van der Waals surface area contributed by atoms with E-state index in [1.807, 2.05) is 0 Å². The zero-order valence-corrected chi connectivity index (χ0v) is 10.7. The second-order valence-corrected chi connectivity index (χ2v) is 5.03. The van der Waals surface area contributed by atoms with Gasteiger partial charge in [0.1, 0.15) is 6.61 Å². The van der Waals surface area contributed by atoms with E-state index in [2.05, 4.69) is 20.7 Å². The maximum absolute atomic E-state index is 13.5. The van der Waals surface area contributed by atoms with Gasteiger partial charge >= 0.3 is 5.97 Å². The fraction of sp³-hybridized carbons (Fsp3) is 0.417. The van der Waals surface area contributed by atoms with Gasteiger partial charge in [-0.2, -0.15) is 0 Å². The summed E-state index contributed by atoms with van der Waals surface area (Å²) < 4.78 is 32.5. The monoisotopic (exact) mass is 304 g/mol. The molecule has 0 saturated heterocycles. The molecule has 1 aliphatic rings. The van der Waals surface area contributed by atoms with E-state index in [0.717, 1.165) is 4.47 Å². The molecule has 2 atom stereocenters. The van der Waals surface area contributed by atoms with Crippen LogP contribution in [0.2, 0.25) is 0 Å². The van der Waals surface area contributed by atoms with Crippen LogP contribution in [0.1, 0.15) is 18.4 Å². The van der Waals surface area contributed by atoms with Crippen LogP contribution in [0.25, 0.3) is 0 Å². The summed E-state index contributed by atoms with van der Waals surface area (Å²) in [5.74, 6) is -5.03. The zero-order chi connectivity index (χ0) is 12.6. The maximum Gasteiger partial charge on any atom is 0.302 e. The highest BCUT2D eigenvalue weighted by Crippen LogP contribution is 2.61. The van der Waals surface area contributed by atoms with Crippen LogP contribution < -0.4 is 0 Å². The number of hydrogen-bond acceptors (Lipinski definition) is 2. The quantitative estimate of drug-likeness (QED) is 0.800. The van der Waals surface area contributed by atoms with Gasteiger partial charge in [-0.15, -0.1) is 0 Å². The molecule has 1 aromatic carbocycles. The summed E-state index contributed by atoms with van der Waals surface area (Å²) in [6, 6.07) is 6.78. The molecule has 1 aromatic rings. The lowest BCUT2D eigenvalue weighted by molar-refractivity contribution is -0.142. The molecule has 2 nitrogen and oxygen atoms in total. The number of alkyl halides is 2. The van der Waals surface area contributed by atoms with Crippen molar-refractivity contribution >= 4 is 21.9 Å². The van der Waals surface area contributed by atoms with E-state index in [9.17, 15) is 13.6 Å². The molecule has 2 rings (SSSR count). The number of benzene rings is 1. The van der Waals surface area contributed by atoms with Gasteiger partial charge in [0, 0.05) is 11.4 Å². The molecule has 0 aliphatic heterocycles. The van der Waals surface area contributed by atoms with Gasteiger partial charge in [0.2, 0.25) is 0 Å². The molecule has 1 saturated carbocycles.